The minimum atomic E-state index is -0.396. The number of nitrogens with zero attached hydrogens (tertiary/aromatic N) is 3. The molecule has 2 heterocycles. The summed E-state index contributed by atoms with van der Waals surface area (Å²) in [6.07, 6.45) is 0. The minimum Gasteiger partial charge on any atom is -0.403 e. The van der Waals surface area contributed by atoms with Crippen LogP contribution in [0, 0.1) is 0 Å². The van der Waals surface area contributed by atoms with Crippen LogP contribution in [0.4, 0.5) is 5.69 Å². The van der Waals surface area contributed by atoms with E-state index >= 15 is 0 Å². The Labute approximate surface area is 99.9 Å². The molecule has 0 spiro atoms. The van der Waals surface area contributed by atoms with Crippen molar-refractivity contribution in [1.82, 2.24) is 10.7 Å². The van der Waals surface area contributed by atoms with Crippen LogP contribution in [0.3, 0.4) is 0 Å². The zero-order valence-electron chi connectivity index (χ0n) is 9.54. The molecule has 1 N–H and O–H groups in total. The van der Waals surface area contributed by atoms with E-state index in [1.807, 2.05) is 42.4 Å². The SMILES string of the molecule is CN1NN=C(B2OCCO2)N1c1ccccc1. The maximum absolute atomic E-state index is 5.48. The molecule has 0 unspecified atom stereocenters. The Morgan fingerprint density at radius 2 is 1.94 bits per heavy atom. The Kier molecular flexibility index (Phi) is 2.72. The van der Waals surface area contributed by atoms with Gasteiger partial charge in [0.2, 0.25) is 0 Å². The van der Waals surface area contributed by atoms with Crippen LogP contribution in [0.15, 0.2) is 35.4 Å². The lowest BCUT2D eigenvalue weighted by atomic mass is 9.88. The average Bonchev–Trinajstić information content (AvgIpc) is 2.98. The highest BCUT2D eigenvalue weighted by atomic mass is 16.6. The lowest BCUT2D eigenvalue weighted by molar-refractivity contribution is 0.277. The van der Waals surface area contributed by atoms with Crippen molar-refractivity contribution in [3.63, 3.8) is 0 Å². The molecule has 88 valence electrons. The third-order valence-corrected chi connectivity index (χ3v) is 2.66. The molecule has 6 nitrogen and oxygen atoms in total. The summed E-state index contributed by atoms with van der Waals surface area (Å²) in [4.78, 5) is 0. The van der Waals surface area contributed by atoms with Gasteiger partial charge in [0.15, 0.2) is 5.73 Å². The van der Waals surface area contributed by atoms with Gasteiger partial charge in [-0.3, -0.25) is 0 Å². The first kappa shape index (κ1) is 10.6. The number of hydrazine groups is 2. The van der Waals surface area contributed by atoms with Gasteiger partial charge in [-0.25, -0.2) is 10.5 Å². The summed E-state index contributed by atoms with van der Waals surface area (Å²) < 4.78 is 11.0. The second-order valence-corrected chi connectivity index (χ2v) is 3.81. The molecule has 3 rings (SSSR count). The molecule has 0 saturated carbocycles. The number of benzene rings is 1. The zero-order chi connectivity index (χ0) is 11.7. The van der Waals surface area contributed by atoms with Crippen molar-refractivity contribution in [2.45, 2.75) is 0 Å². The summed E-state index contributed by atoms with van der Waals surface area (Å²) in [5.74, 6) is 0. The van der Waals surface area contributed by atoms with Crippen LogP contribution < -0.4 is 10.5 Å². The van der Waals surface area contributed by atoms with Crippen molar-refractivity contribution < 1.29 is 9.31 Å². The van der Waals surface area contributed by atoms with Crippen molar-refractivity contribution in [2.75, 3.05) is 25.3 Å². The van der Waals surface area contributed by atoms with Crippen molar-refractivity contribution in [3.05, 3.63) is 30.3 Å². The normalized spacial score (nSPS) is 20.6. The van der Waals surface area contributed by atoms with E-state index in [1.165, 1.54) is 0 Å². The molecule has 17 heavy (non-hydrogen) atoms. The average molecular weight is 232 g/mol. The van der Waals surface area contributed by atoms with Gasteiger partial charge in [-0.05, 0) is 12.1 Å². The fourth-order valence-corrected chi connectivity index (χ4v) is 1.90. The van der Waals surface area contributed by atoms with Gasteiger partial charge in [0, 0.05) is 7.05 Å². The maximum atomic E-state index is 5.48. The number of anilines is 1. The Hall–Kier alpha value is -1.57. The Morgan fingerprint density at radius 1 is 1.24 bits per heavy atom. The van der Waals surface area contributed by atoms with Crippen LogP contribution in [0.1, 0.15) is 0 Å². The summed E-state index contributed by atoms with van der Waals surface area (Å²) in [5.41, 5.74) is 4.61. The van der Waals surface area contributed by atoms with E-state index in [1.54, 1.807) is 5.12 Å². The Morgan fingerprint density at radius 3 is 2.65 bits per heavy atom. The standard InChI is InChI=1S/C10H13BN4O2/c1-14-13-12-10(11-16-7-8-17-11)15(14)9-5-3-2-4-6-9/h2-6,13H,7-8H2,1H3. The van der Waals surface area contributed by atoms with Gasteiger partial charge in [0.05, 0.1) is 18.9 Å². The van der Waals surface area contributed by atoms with Crippen molar-refractivity contribution >= 4 is 18.5 Å². The second-order valence-electron chi connectivity index (χ2n) is 3.81. The van der Waals surface area contributed by atoms with Crippen LogP contribution in [-0.4, -0.2) is 38.2 Å². The summed E-state index contributed by atoms with van der Waals surface area (Å²) >= 11 is 0. The van der Waals surface area contributed by atoms with Crippen LogP contribution in [0.5, 0.6) is 0 Å². The molecule has 1 aromatic carbocycles. The smallest absolute Gasteiger partial charge is 0.403 e. The molecule has 0 aromatic heterocycles. The molecule has 0 bridgehead atoms. The van der Waals surface area contributed by atoms with E-state index in [0.29, 0.717) is 13.2 Å². The predicted octanol–water partition coefficient (Wildman–Crippen LogP) is 0.246. The number of para-hydroxylation sites is 1. The predicted molar refractivity (Wildman–Crippen MR) is 64.9 cm³/mol. The van der Waals surface area contributed by atoms with Gasteiger partial charge in [-0.15, -0.1) is 5.12 Å². The van der Waals surface area contributed by atoms with E-state index < -0.39 is 7.12 Å². The summed E-state index contributed by atoms with van der Waals surface area (Å²) in [5, 5.41) is 7.94. The molecule has 7 heteroatoms. The van der Waals surface area contributed by atoms with E-state index in [-0.39, 0.29) is 0 Å². The first-order chi connectivity index (χ1) is 8.36. The summed E-state index contributed by atoms with van der Waals surface area (Å²) in [7, 11) is 1.49. The molecule has 0 radical (unpaired) electrons. The number of rotatable bonds is 2. The van der Waals surface area contributed by atoms with Crippen LogP contribution >= 0.6 is 0 Å². The minimum absolute atomic E-state index is 0.396. The van der Waals surface area contributed by atoms with Crippen molar-refractivity contribution in [2.24, 2.45) is 5.10 Å². The molecule has 2 aliphatic rings. The van der Waals surface area contributed by atoms with Crippen LogP contribution in [0.25, 0.3) is 0 Å². The lowest BCUT2D eigenvalue weighted by Gasteiger charge is -2.26. The molecule has 1 saturated heterocycles. The third kappa shape index (κ3) is 1.88. The number of amidine groups is 1. The van der Waals surface area contributed by atoms with Gasteiger partial charge in [0.1, 0.15) is 0 Å². The molecule has 0 aliphatic carbocycles. The largest absolute Gasteiger partial charge is 0.535 e. The lowest BCUT2D eigenvalue weighted by Crippen LogP contribution is -2.48. The highest BCUT2D eigenvalue weighted by molar-refractivity contribution is 6.84. The molecular weight excluding hydrogens is 219 g/mol. The number of hydrogen-bond acceptors (Lipinski definition) is 6. The number of hydrazone groups is 1. The quantitative estimate of drug-likeness (QED) is 0.740. The van der Waals surface area contributed by atoms with Gasteiger partial charge >= 0.3 is 7.12 Å². The number of hydrogen-bond donors (Lipinski definition) is 1. The first-order valence-electron chi connectivity index (χ1n) is 5.51. The van der Waals surface area contributed by atoms with E-state index in [2.05, 4.69) is 10.6 Å². The highest BCUT2D eigenvalue weighted by Crippen LogP contribution is 2.20. The van der Waals surface area contributed by atoms with Crippen LogP contribution in [-0.2, 0) is 9.31 Å². The van der Waals surface area contributed by atoms with Crippen LogP contribution in [0.2, 0.25) is 0 Å². The van der Waals surface area contributed by atoms with Gasteiger partial charge in [-0.1, -0.05) is 18.2 Å². The van der Waals surface area contributed by atoms with Gasteiger partial charge in [0.25, 0.3) is 0 Å². The summed E-state index contributed by atoms with van der Waals surface area (Å²) in [6.45, 7) is 1.21. The third-order valence-electron chi connectivity index (χ3n) is 2.66. The second kappa shape index (κ2) is 4.36. The molecule has 0 amide bonds. The Balaban J connectivity index is 1.88. The molecule has 1 fully saturated rings. The molecule has 0 atom stereocenters. The molecular formula is C10H13BN4O2. The first-order valence-corrected chi connectivity index (χ1v) is 5.51. The fourth-order valence-electron chi connectivity index (χ4n) is 1.90. The Bertz CT molecular complexity index is 422. The topological polar surface area (TPSA) is 49.3 Å². The number of nitrogens with one attached hydrogen (secondary N) is 1. The fraction of sp³-hybridized carbons (Fsp3) is 0.300. The monoisotopic (exact) mass is 232 g/mol. The molecule has 2 aliphatic heterocycles. The summed E-state index contributed by atoms with van der Waals surface area (Å²) in [6, 6.07) is 9.96. The van der Waals surface area contributed by atoms with E-state index in [9.17, 15) is 0 Å². The van der Waals surface area contributed by atoms with Crippen molar-refractivity contribution in [1.29, 1.82) is 0 Å². The van der Waals surface area contributed by atoms with Gasteiger partial charge in [-0.2, -0.15) is 5.10 Å². The maximum Gasteiger partial charge on any atom is 0.535 e. The van der Waals surface area contributed by atoms with Gasteiger partial charge < -0.3 is 9.31 Å². The van der Waals surface area contributed by atoms with E-state index in [4.69, 9.17) is 9.31 Å². The highest BCUT2D eigenvalue weighted by Gasteiger charge is 2.39. The zero-order valence-corrected chi connectivity index (χ0v) is 9.54. The molecule has 1 aromatic rings. The van der Waals surface area contributed by atoms with E-state index in [0.717, 1.165) is 11.4 Å². The van der Waals surface area contributed by atoms with Crippen molar-refractivity contribution in [3.8, 4) is 0 Å².